The maximum Gasteiger partial charge on any atom is 0.224 e. The number of nitrogens with one attached hydrogen (secondary N) is 1. The number of benzene rings is 2. The molecular formula is C25H33ClN2O4S. The largest absolute Gasteiger partial charge is 0.491 e. The zero-order valence-electron chi connectivity index (χ0n) is 19.5. The first-order chi connectivity index (χ1) is 15.6. The third kappa shape index (κ3) is 7.19. The van der Waals surface area contributed by atoms with Crippen molar-refractivity contribution in [2.75, 3.05) is 26.2 Å². The summed E-state index contributed by atoms with van der Waals surface area (Å²) in [6.45, 7) is 7.75. The summed E-state index contributed by atoms with van der Waals surface area (Å²) in [5.74, 6) is 0.227. The summed E-state index contributed by atoms with van der Waals surface area (Å²) in [5.41, 5.74) is 1.76. The van der Waals surface area contributed by atoms with Crippen molar-refractivity contribution in [2.24, 2.45) is 5.92 Å². The number of rotatable bonds is 8. The Morgan fingerprint density at radius 2 is 1.85 bits per heavy atom. The number of carbonyl (C=O) groups is 1. The summed E-state index contributed by atoms with van der Waals surface area (Å²) in [6.07, 6.45) is 1.33. The Morgan fingerprint density at radius 1 is 1.15 bits per heavy atom. The van der Waals surface area contributed by atoms with Crippen molar-refractivity contribution in [2.45, 2.75) is 44.8 Å². The fourth-order valence-corrected chi connectivity index (χ4v) is 5.72. The molecule has 33 heavy (non-hydrogen) atoms. The van der Waals surface area contributed by atoms with Gasteiger partial charge in [0.05, 0.1) is 18.2 Å². The topological polar surface area (TPSA) is 75.7 Å². The first-order valence-corrected chi connectivity index (χ1v) is 13.3. The van der Waals surface area contributed by atoms with E-state index in [1.54, 1.807) is 24.3 Å². The summed E-state index contributed by atoms with van der Waals surface area (Å²) >= 11 is 5.89. The smallest absolute Gasteiger partial charge is 0.224 e. The van der Waals surface area contributed by atoms with E-state index in [4.69, 9.17) is 16.3 Å². The number of sulfonamides is 1. The average Bonchev–Trinajstić information content (AvgIpc) is 2.78. The standard InChI is InChI=1S/C25H33ClN2O4S/c1-25(2,3)22-8-4-5-9-23(22)32-16-14-27-24(29)20-7-6-15-28(17-20)33(30,31)18-19-10-12-21(26)13-11-19/h4-5,8-13,20H,6-7,14-18H2,1-3H3,(H,27,29)/t20-/m1/s1. The van der Waals surface area contributed by atoms with Gasteiger partial charge in [-0.2, -0.15) is 0 Å². The highest BCUT2D eigenvalue weighted by Gasteiger charge is 2.32. The zero-order valence-corrected chi connectivity index (χ0v) is 21.1. The number of para-hydroxylation sites is 1. The Morgan fingerprint density at radius 3 is 2.55 bits per heavy atom. The van der Waals surface area contributed by atoms with Crippen LogP contribution in [0.5, 0.6) is 5.75 Å². The lowest BCUT2D eigenvalue weighted by Gasteiger charge is -2.31. The molecule has 1 fully saturated rings. The van der Waals surface area contributed by atoms with Gasteiger partial charge in [0.2, 0.25) is 15.9 Å². The van der Waals surface area contributed by atoms with Crippen LogP contribution in [-0.2, 0) is 26.0 Å². The van der Waals surface area contributed by atoms with Crippen molar-refractivity contribution in [3.63, 3.8) is 0 Å². The van der Waals surface area contributed by atoms with Crippen LogP contribution in [0.25, 0.3) is 0 Å². The van der Waals surface area contributed by atoms with Crippen LogP contribution >= 0.6 is 11.6 Å². The van der Waals surface area contributed by atoms with E-state index < -0.39 is 10.0 Å². The molecule has 0 bridgehead atoms. The number of hydrogen-bond donors (Lipinski definition) is 1. The van der Waals surface area contributed by atoms with E-state index in [0.717, 1.165) is 11.3 Å². The molecule has 6 nitrogen and oxygen atoms in total. The first-order valence-electron chi connectivity index (χ1n) is 11.3. The summed E-state index contributed by atoms with van der Waals surface area (Å²) in [6, 6.07) is 14.7. The Hall–Kier alpha value is -2.09. The normalized spacial score (nSPS) is 17.5. The van der Waals surface area contributed by atoms with E-state index in [-0.39, 0.29) is 29.5 Å². The molecule has 1 N–H and O–H groups in total. The maximum atomic E-state index is 12.9. The van der Waals surface area contributed by atoms with Crippen molar-refractivity contribution in [3.8, 4) is 5.75 Å². The average molecular weight is 493 g/mol. The molecule has 180 valence electrons. The van der Waals surface area contributed by atoms with Crippen LogP contribution < -0.4 is 10.1 Å². The minimum absolute atomic E-state index is 0.0388. The Labute approximate surface area is 202 Å². The van der Waals surface area contributed by atoms with Crippen LogP contribution in [-0.4, -0.2) is 44.9 Å². The SMILES string of the molecule is CC(C)(C)c1ccccc1OCCNC(=O)[C@@H]1CCCN(S(=O)(=O)Cc2ccc(Cl)cc2)C1. The van der Waals surface area contributed by atoms with Gasteiger partial charge in [-0.15, -0.1) is 0 Å². The molecule has 0 spiro atoms. The van der Waals surface area contributed by atoms with Gasteiger partial charge >= 0.3 is 0 Å². The van der Waals surface area contributed by atoms with E-state index in [2.05, 4.69) is 32.2 Å². The van der Waals surface area contributed by atoms with Crippen molar-refractivity contribution in [1.29, 1.82) is 0 Å². The number of amides is 1. The van der Waals surface area contributed by atoms with Crippen molar-refractivity contribution < 1.29 is 17.9 Å². The molecule has 0 saturated carbocycles. The van der Waals surface area contributed by atoms with Gasteiger partial charge in [-0.3, -0.25) is 4.79 Å². The molecule has 0 unspecified atom stereocenters. The lowest BCUT2D eigenvalue weighted by Crippen LogP contribution is -2.46. The molecule has 2 aromatic carbocycles. The van der Waals surface area contributed by atoms with Crippen LogP contribution in [0, 0.1) is 5.92 Å². The van der Waals surface area contributed by atoms with E-state index in [9.17, 15) is 13.2 Å². The second-order valence-electron chi connectivity index (χ2n) is 9.47. The fraction of sp³-hybridized carbons (Fsp3) is 0.480. The molecule has 8 heteroatoms. The maximum absolute atomic E-state index is 12.9. The summed E-state index contributed by atoms with van der Waals surface area (Å²) in [7, 11) is -3.51. The van der Waals surface area contributed by atoms with Crippen LogP contribution in [0.15, 0.2) is 48.5 Å². The van der Waals surface area contributed by atoms with E-state index >= 15 is 0 Å². The second-order valence-corrected chi connectivity index (χ2v) is 11.9. The number of halogens is 1. The third-order valence-electron chi connectivity index (χ3n) is 5.76. The number of piperidine rings is 1. The quantitative estimate of drug-likeness (QED) is 0.555. The van der Waals surface area contributed by atoms with E-state index in [0.29, 0.717) is 43.1 Å². The lowest BCUT2D eigenvalue weighted by atomic mass is 9.86. The van der Waals surface area contributed by atoms with Crippen molar-refractivity contribution >= 4 is 27.5 Å². The predicted octanol–water partition coefficient (Wildman–Crippen LogP) is 4.37. The molecule has 1 atom stereocenters. The molecule has 2 aromatic rings. The minimum atomic E-state index is -3.51. The predicted molar refractivity (Wildman–Crippen MR) is 132 cm³/mol. The van der Waals surface area contributed by atoms with Gasteiger partial charge in [-0.1, -0.05) is 62.7 Å². The van der Waals surface area contributed by atoms with Crippen LogP contribution in [0.3, 0.4) is 0 Å². The molecule has 0 aromatic heterocycles. The summed E-state index contributed by atoms with van der Waals surface area (Å²) in [5, 5.41) is 3.48. The molecule has 0 radical (unpaired) electrons. The highest BCUT2D eigenvalue weighted by atomic mass is 35.5. The highest BCUT2D eigenvalue weighted by Crippen LogP contribution is 2.30. The zero-order chi connectivity index (χ0) is 24.1. The summed E-state index contributed by atoms with van der Waals surface area (Å²) < 4.78 is 33.1. The molecule has 3 rings (SSSR count). The van der Waals surface area contributed by atoms with Gasteiger partial charge < -0.3 is 10.1 Å². The monoisotopic (exact) mass is 492 g/mol. The van der Waals surface area contributed by atoms with Crippen molar-refractivity contribution in [1.82, 2.24) is 9.62 Å². The fourth-order valence-electron chi connectivity index (χ4n) is 3.98. The van der Waals surface area contributed by atoms with Crippen LogP contribution in [0.1, 0.15) is 44.7 Å². The number of carbonyl (C=O) groups excluding carboxylic acids is 1. The Balaban J connectivity index is 1.50. The lowest BCUT2D eigenvalue weighted by molar-refractivity contribution is -0.126. The van der Waals surface area contributed by atoms with Crippen LogP contribution in [0.4, 0.5) is 0 Å². The second kappa shape index (κ2) is 10.9. The summed E-state index contributed by atoms with van der Waals surface area (Å²) in [4.78, 5) is 12.7. The van der Waals surface area contributed by atoms with E-state index in [1.807, 2.05) is 18.2 Å². The minimum Gasteiger partial charge on any atom is -0.491 e. The van der Waals surface area contributed by atoms with E-state index in [1.165, 1.54) is 4.31 Å². The van der Waals surface area contributed by atoms with Gasteiger partial charge in [-0.25, -0.2) is 12.7 Å². The molecule has 1 aliphatic rings. The Bertz CT molecular complexity index is 1050. The Kier molecular flexibility index (Phi) is 8.43. The molecule has 1 saturated heterocycles. The first kappa shape index (κ1) is 25.5. The van der Waals surface area contributed by atoms with Gasteiger partial charge in [0.15, 0.2) is 0 Å². The molecule has 1 heterocycles. The molecule has 0 aliphatic carbocycles. The van der Waals surface area contributed by atoms with Crippen LogP contribution in [0.2, 0.25) is 5.02 Å². The number of nitrogens with zero attached hydrogens (tertiary/aromatic N) is 1. The highest BCUT2D eigenvalue weighted by molar-refractivity contribution is 7.88. The van der Waals surface area contributed by atoms with Crippen molar-refractivity contribution in [3.05, 3.63) is 64.7 Å². The molecule has 1 amide bonds. The van der Waals surface area contributed by atoms with Gasteiger partial charge in [0.1, 0.15) is 12.4 Å². The van der Waals surface area contributed by atoms with Gasteiger partial charge in [-0.05, 0) is 47.6 Å². The molecule has 1 aliphatic heterocycles. The van der Waals surface area contributed by atoms with Gasteiger partial charge in [0.25, 0.3) is 0 Å². The van der Waals surface area contributed by atoms with Gasteiger partial charge in [0, 0.05) is 18.1 Å². The number of ether oxygens (including phenoxy) is 1. The third-order valence-corrected chi connectivity index (χ3v) is 7.83. The number of hydrogen-bond acceptors (Lipinski definition) is 4. The molecular weight excluding hydrogens is 460 g/mol.